The molecule has 0 bridgehead atoms. The van der Waals surface area contributed by atoms with Crippen molar-refractivity contribution in [3.05, 3.63) is 60.3 Å². The second-order valence-electron chi connectivity index (χ2n) is 5.91. The van der Waals surface area contributed by atoms with Crippen LogP contribution in [0.2, 0.25) is 0 Å². The van der Waals surface area contributed by atoms with E-state index in [1.807, 2.05) is 53.4 Å². The molecule has 0 N–H and O–H groups in total. The third-order valence-electron chi connectivity index (χ3n) is 4.30. The van der Waals surface area contributed by atoms with Crippen LogP contribution in [0, 0.1) is 0 Å². The largest absolute Gasteiger partial charge is 0.293 e. The smallest absolute Gasteiger partial charge is 0.232 e. The normalized spacial score (nSPS) is 15.5. The third-order valence-corrected chi connectivity index (χ3v) is 4.30. The van der Waals surface area contributed by atoms with E-state index in [-0.39, 0.29) is 5.91 Å². The summed E-state index contributed by atoms with van der Waals surface area (Å²) >= 11 is 0. The van der Waals surface area contributed by atoms with Crippen molar-refractivity contribution in [2.75, 3.05) is 4.90 Å². The Labute approximate surface area is 132 Å². The maximum Gasteiger partial charge on any atom is 0.232 e. The van der Waals surface area contributed by atoms with E-state index in [9.17, 15) is 4.79 Å². The maximum absolute atomic E-state index is 12.9. The van der Waals surface area contributed by atoms with Gasteiger partial charge < -0.3 is 0 Å². The van der Waals surface area contributed by atoms with E-state index in [4.69, 9.17) is 0 Å². The molecule has 114 valence electrons. The number of nitrogens with zero attached hydrogens (tertiary/aromatic N) is 2. The number of carbonyl (C=O) groups is 1. The van der Waals surface area contributed by atoms with Crippen molar-refractivity contribution in [1.82, 2.24) is 4.98 Å². The first-order valence-electron chi connectivity index (χ1n) is 8.11. The van der Waals surface area contributed by atoms with Gasteiger partial charge in [0, 0.05) is 12.2 Å². The standard InChI is InChI=1S/C19H22N2O/c22-19(15-16-9-3-1-4-10-16)21(17-11-5-2-6-12-17)18-13-7-8-14-20-18/h1,3-4,7-10,13-14,17H,2,5-6,11-12,15H2. The molecule has 3 rings (SSSR count). The summed E-state index contributed by atoms with van der Waals surface area (Å²) in [4.78, 5) is 19.3. The van der Waals surface area contributed by atoms with Crippen molar-refractivity contribution >= 4 is 11.7 Å². The second-order valence-corrected chi connectivity index (χ2v) is 5.91. The highest BCUT2D eigenvalue weighted by Crippen LogP contribution is 2.26. The van der Waals surface area contributed by atoms with E-state index in [0.29, 0.717) is 12.5 Å². The van der Waals surface area contributed by atoms with Gasteiger partial charge in [-0.15, -0.1) is 0 Å². The third kappa shape index (κ3) is 3.53. The fourth-order valence-electron chi connectivity index (χ4n) is 3.21. The van der Waals surface area contributed by atoms with E-state index in [1.54, 1.807) is 6.20 Å². The lowest BCUT2D eigenvalue weighted by molar-refractivity contribution is -0.118. The summed E-state index contributed by atoms with van der Waals surface area (Å²) in [7, 11) is 0. The molecule has 1 saturated carbocycles. The Balaban J connectivity index is 1.82. The first-order chi connectivity index (χ1) is 10.8. The van der Waals surface area contributed by atoms with Crippen LogP contribution >= 0.6 is 0 Å². The Hall–Kier alpha value is -2.16. The Kier molecular flexibility index (Phi) is 4.84. The zero-order valence-corrected chi connectivity index (χ0v) is 12.8. The Morgan fingerprint density at radius 1 is 1.00 bits per heavy atom. The van der Waals surface area contributed by atoms with Crippen LogP contribution in [0.15, 0.2) is 54.7 Å². The number of rotatable bonds is 4. The lowest BCUT2D eigenvalue weighted by atomic mass is 9.93. The molecule has 0 radical (unpaired) electrons. The van der Waals surface area contributed by atoms with Gasteiger partial charge in [0.05, 0.1) is 6.42 Å². The lowest BCUT2D eigenvalue weighted by Gasteiger charge is -2.33. The van der Waals surface area contributed by atoms with Gasteiger partial charge in [-0.1, -0.05) is 55.7 Å². The number of hydrogen-bond acceptors (Lipinski definition) is 2. The zero-order chi connectivity index (χ0) is 15.2. The quantitative estimate of drug-likeness (QED) is 0.854. The van der Waals surface area contributed by atoms with E-state index < -0.39 is 0 Å². The fraction of sp³-hybridized carbons (Fsp3) is 0.368. The van der Waals surface area contributed by atoms with Crippen molar-refractivity contribution in [1.29, 1.82) is 0 Å². The van der Waals surface area contributed by atoms with Crippen LogP contribution < -0.4 is 4.90 Å². The van der Waals surface area contributed by atoms with E-state index in [2.05, 4.69) is 4.98 Å². The molecule has 0 saturated heterocycles. The number of benzene rings is 1. The molecule has 2 aromatic rings. The molecule has 1 aliphatic rings. The number of anilines is 1. The molecule has 1 aromatic carbocycles. The van der Waals surface area contributed by atoms with Crippen molar-refractivity contribution in [3.8, 4) is 0 Å². The highest BCUT2D eigenvalue weighted by atomic mass is 16.2. The molecule has 0 unspecified atom stereocenters. The summed E-state index contributed by atoms with van der Waals surface area (Å²) < 4.78 is 0. The van der Waals surface area contributed by atoms with Crippen molar-refractivity contribution in [2.24, 2.45) is 0 Å². The molecule has 22 heavy (non-hydrogen) atoms. The molecule has 1 amide bonds. The predicted molar refractivity (Wildman–Crippen MR) is 88.7 cm³/mol. The first kappa shape index (κ1) is 14.8. The SMILES string of the molecule is O=C(Cc1ccccc1)N(c1ccccn1)C1CCCCC1. The molecule has 0 spiro atoms. The van der Waals surface area contributed by atoms with Gasteiger partial charge in [0.25, 0.3) is 0 Å². The summed E-state index contributed by atoms with van der Waals surface area (Å²) in [5, 5.41) is 0. The van der Waals surface area contributed by atoms with Crippen molar-refractivity contribution < 1.29 is 4.79 Å². The number of amides is 1. The molecule has 0 aliphatic heterocycles. The maximum atomic E-state index is 12.9. The van der Waals surface area contributed by atoms with Crippen LogP contribution in [0.5, 0.6) is 0 Å². The van der Waals surface area contributed by atoms with E-state index in [0.717, 1.165) is 24.2 Å². The number of carbonyl (C=O) groups excluding carboxylic acids is 1. The van der Waals surface area contributed by atoms with Crippen molar-refractivity contribution in [2.45, 2.75) is 44.6 Å². The molecule has 3 heteroatoms. The molecule has 1 aromatic heterocycles. The van der Waals surface area contributed by atoms with Crippen LogP contribution in [0.4, 0.5) is 5.82 Å². The molecule has 0 atom stereocenters. The van der Waals surface area contributed by atoms with Gasteiger partial charge in [-0.25, -0.2) is 4.98 Å². The summed E-state index contributed by atoms with van der Waals surface area (Å²) in [6, 6.07) is 16.0. The summed E-state index contributed by atoms with van der Waals surface area (Å²) in [5.41, 5.74) is 1.06. The van der Waals surface area contributed by atoms with Gasteiger partial charge in [-0.05, 0) is 30.5 Å². The molecular weight excluding hydrogens is 272 g/mol. The van der Waals surface area contributed by atoms with Crippen LogP contribution in [-0.4, -0.2) is 16.9 Å². The number of hydrogen-bond donors (Lipinski definition) is 0. The monoisotopic (exact) mass is 294 g/mol. The van der Waals surface area contributed by atoms with Crippen LogP contribution in [0.25, 0.3) is 0 Å². The first-order valence-corrected chi connectivity index (χ1v) is 8.11. The summed E-state index contributed by atoms with van der Waals surface area (Å²) in [6.07, 6.45) is 8.04. The van der Waals surface area contributed by atoms with Gasteiger partial charge in [0.2, 0.25) is 5.91 Å². The second kappa shape index (κ2) is 7.21. The molecule has 1 heterocycles. The van der Waals surface area contributed by atoms with E-state index >= 15 is 0 Å². The molecule has 3 nitrogen and oxygen atoms in total. The van der Waals surface area contributed by atoms with Gasteiger partial charge in [-0.2, -0.15) is 0 Å². The lowest BCUT2D eigenvalue weighted by Crippen LogP contribution is -2.43. The van der Waals surface area contributed by atoms with E-state index in [1.165, 1.54) is 19.3 Å². The number of pyridine rings is 1. The average Bonchev–Trinajstić information content (AvgIpc) is 2.58. The minimum Gasteiger partial charge on any atom is -0.293 e. The average molecular weight is 294 g/mol. The minimum absolute atomic E-state index is 0.150. The summed E-state index contributed by atoms with van der Waals surface area (Å²) in [5.74, 6) is 0.937. The van der Waals surface area contributed by atoms with Gasteiger partial charge in [0.15, 0.2) is 0 Å². The minimum atomic E-state index is 0.150. The van der Waals surface area contributed by atoms with Crippen LogP contribution in [0.1, 0.15) is 37.7 Å². The molecule has 1 aliphatic carbocycles. The highest BCUT2D eigenvalue weighted by molar-refractivity contribution is 5.94. The van der Waals surface area contributed by atoms with Gasteiger partial charge in [0.1, 0.15) is 5.82 Å². The van der Waals surface area contributed by atoms with Crippen molar-refractivity contribution in [3.63, 3.8) is 0 Å². The van der Waals surface area contributed by atoms with Gasteiger partial charge in [-0.3, -0.25) is 9.69 Å². The zero-order valence-electron chi connectivity index (χ0n) is 12.8. The molecular formula is C19H22N2O. The summed E-state index contributed by atoms with van der Waals surface area (Å²) in [6.45, 7) is 0. The fourth-order valence-corrected chi connectivity index (χ4v) is 3.21. The Morgan fingerprint density at radius 3 is 2.41 bits per heavy atom. The number of aromatic nitrogens is 1. The van der Waals surface area contributed by atoms with Crippen LogP contribution in [-0.2, 0) is 11.2 Å². The Bertz CT molecular complexity index is 591. The molecule has 1 fully saturated rings. The van der Waals surface area contributed by atoms with Crippen LogP contribution in [0.3, 0.4) is 0 Å². The van der Waals surface area contributed by atoms with Gasteiger partial charge >= 0.3 is 0 Å². The topological polar surface area (TPSA) is 33.2 Å². The highest BCUT2D eigenvalue weighted by Gasteiger charge is 2.27. The predicted octanol–water partition coefficient (Wildman–Crippen LogP) is 3.99. The Morgan fingerprint density at radius 2 is 1.73 bits per heavy atom.